The predicted octanol–water partition coefficient (Wildman–Crippen LogP) is 3.10. The molecule has 7 heteroatoms. The topological polar surface area (TPSA) is 72.2 Å². The minimum absolute atomic E-state index is 0.0808. The molecule has 0 aliphatic heterocycles. The molecule has 2 aromatic rings. The first-order chi connectivity index (χ1) is 9.90. The summed E-state index contributed by atoms with van der Waals surface area (Å²) in [5, 5.41) is 0.747. The molecule has 0 saturated heterocycles. The Labute approximate surface area is 133 Å². The number of anilines is 1. The Kier molecular flexibility index (Phi) is 5.11. The minimum Gasteiger partial charge on any atom is -0.398 e. The van der Waals surface area contributed by atoms with Crippen molar-refractivity contribution < 1.29 is 8.42 Å². The highest BCUT2D eigenvalue weighted by Gasteiger charge is 2.20. The van der Waals surface area contributed by atoms with Crippen molar-refractivity contribution in [3.63, 3.8) is 0 Å². The summed E-state index contributed by atoms with van der Waals surface area (Å²) in [4.78, 5) is -0.0808. The highest BCUT2D eigenvalue weighted by molar-refractivity contribution is 7.89. The molecular formula is C14H14Cl2N2O2S. The standard InChI is InChI=1S/C14H14Cl2N2O2S/c15-11-6-4-10(5-7-11)8-9-18-21(19,20)14-12(16)2-1-3-13(14)17/h1-7,18H,8-9,17H2. The highest BCUT2D eigenvalue weighted by Crippen LogP contribution is 2.26. The van der Waals surface area contributed by atoms with Crippen LogP contribution in [0.5, 0.6) is 0 Å². The van der Waals surface area contributed by atoms with E-state index in [0.717, 1.165) is 5.56 Å². The second-order valence-corrected chi connectivity index (χ2v) is 6.98. The first kappa shape index (κ1) is 16.1. The molecule has 0 spiro atoms. The molecule has 0 fully saturated rings. The zero-order chi connectivity index (χ0) is 15.5. The van der Waals surface area contributed by atoms with Crippen molar-refractivity contribution in [3.05, 3.63) is 58.1 Å². The number of hydrogen-bond donors (Lipinski definition) is 2. The van der Waals surface area contributed by atoms with Crippen molar-refractivity contribution in [2.24, 2.45) is 0 Å². The smallest absolute Gasteiger partial charge is 0.244 e. The van der Waals surface area contributed by atoms with Crippen molar-refractivity contribution in [2.75, 3.05) is 12.3 Å². The molecule has 0 aliphatic rings. The van der Waals surface area contributed by atoms with E-state index in [0.29, 0.717) is 11.4 Å². The van der Waals surface area contributed by atoms with E-state index in [9.17, 15) is 8.42 Å². The first-order valence-corrected chi connectivity index (χ1v) is 8.42. The predicted molar refractivity (Wildman–Crippen MR) is 86.2 cm³/mol. The van der Waals surface area contributed by atoms with Crippen molar-refractivity contribution >= 4 is 38.9 Å². The largest absolute Gasteiger partial charge is 0.398 e. The Balaban J connectivity index is 2.07. The third kappa shape index (κ3) is 4.11. The molecule has 0 atom stereocenters. The molecule has 21 heavy (non-hydrogen) atoms. The molecule has 0 radical (unpaired) electrons. The number of benzene rings is 2. The van der Waals surface area contributed by atoms with Crippen LogP contribution in [0.2, 0.25) is 10.0 Å². The Bertz CT molecular complexity index is 711. The number of hydrogen-bond acceptors (Lipinski definition) is 3. The molecule has 4 nitrogen and oxygen atoms in total. The summed E-state index contributed by atoms with van der Waals surface area (Å²) in [6.07, 6.45) is 0.542. The lowest BCUT2D eigenvalue weighted by atomic mass is 10.2. The fourth-order valence-electron chi connectivity index (χ4n) is 1.86. The normalized spacial score (nSPS) is 11.5. The third-order valence-corrected chi connectivity index (χ3v) is 5.14. The van der Waals surface area contributed by atoms with Gasteiger partial charge in [-0.05, 0) is 36.2 Å². The Morgan fingerprint density at radius 2 is 1.71 bits per heavy atom. The van der Waals surface area contributed by atoms with Crippen LogP contribution in [0.3, 0.4) is 0 Å². The maximum atomic E-state index is 12.2. The molecule has 2 aromatic carbocycles. The minimum atomic E-state index is -3.73. The van der Waals surface area contributed by atoms with Crippen LogP contribution >= 0.6 is 23.2 Å². The van der Waals surface area contributed by atoms with Gasteiger partial charge in [0.1, 0.15) is 4.90 Å². The van der Waals surface area contributed by atoms with Crippen molar-refractivity contribution in [3.8, 4) is 0 Å². The van der Waals surface area contributed by atoms with Crippen LogP contribution < -0.4 is 10.5 Å². The van der Waals surface area contributed by atoms with E-state index < -0.39 is 10.0 Å². The Morgan fingerprint density at radius 1 is 1.05 bits per heavy atom. The molecule has 0 bridgehead atoms. The van der Waals surface area contributed by atoms with E-state index in [1.807, 2.05) is 12.1 Å². The second-order valence-electron chi connectivity index (χ2n) is 4.43. The van der Waals surface area contributed by atoms with Gasteiger partial charge in [0.05, 0.1) is 10.7 Å². The molecule has 0 saturated carbocycles. The second kappa shape index (κ2) is 6.66. The number of halogens is 2. The quantitative estimate of drug-likeness (QED) is 0.818. The van der Waals surface area contributed by atoms with Crippen LogP contribution in [0.1, 0.15) is 5.56 Å². The molecular weight excluding hydrogens is 331 g/mol. The van der Waals surface area contributed by atoms with Gasteiger partial charge in [-0.2, -0.15) is 0 Å². The van der Waals surface area contributed by atoms with Crippen LogP contribution in [-0.4, -0.2) is 15.0 Å². The van der Waals surface area contributed by atoms with Gasteiger partial charge in [-0.15, -0.1) is 0 Å². The summed E-state index contributed by atoms with van der Waals surface area (Å²) < 4.78 is 26.9. The van der Waals surface area contributed by atoms with E-state index in [1.54, 1.807) is 18.2 Å². The number of nitrogens with two attached hydrogens (primary N) is 1. The molecule has 3 N–H and O–H groups in total. The highest BCUT2D eigenvalue weighted by atomic mass is 35.5. The summed E-state index contributed by atoms with van der Waals surface area (Å²) in [6, 6.07) is 11.8. The zero-order valence-electron chi connectivity index (χ0n) is 11.0. The third-order valence-electron chi connectivity index (χ3n) is 2.89. The maximum Gasteiger partial charge on any atom is 0.244 e. The van der Waals surface area contributed by atoms with E-state index >= 15 is 0 Å². The van der Waals surface area contributed by atoms with Gasteiger partial charge in [0.25, 0.3) is 0 Å². The van der Waals surface area contributed by atoms with E-state index in [1.165, 1.54) is 12.1 Å². The van der Waals surface area contributed by atoms with Gasteiger partial charge < -0.3 is 5.73 Å². The SMILES string of the molecule is Nc1cccc(Cl)c1S(=O)(=O)NCCc1ccc(Cl)cc1. The van der Waals surface area contributed by atoms with Crippen LogP contribution in [0.4, 0.5) is 5.69 Å². The van der Waals surface area contributed by atoms with Crippen molar-refractivity contribution in [1.29, 1.82) is 0 Å². The number of sulfonamides is 1. The van der Waals surface area contributed by atoms with Crippen LogP contribution in [-0.2, 0) is 16.4 Å². The molecule has 0 heterocycles. The zero-order valence-corrected chi connectivity index (χ0v) is 13.3. The maximum absolute atomic E-state index is 12.2. The molecule has 0 aliphatic carbocycles. The van der Waals surface area contributed by atoms with E-state index in [2.05, 4.69) is 4.72 Å². The Morgan fingerprint density at radius 3 is 2.33 bits per heavy atom. The van der Waals surface area contributed by atoms with Crippen molar-refractivity contribution in [1.82, 2.24) is 4.72 Å². The Hall–Kier alpha value is -1.27. The van der Waals surface area contributed by atoms with Gasteiger partial charge in [0, 0.05) is 11.6 Å². The van der Waals surface area contributed by atoms with Crippen LogP contribution in [0, 0.1) is 0 Å². The number of nitrogen functional groups attached to an aromatic ring is 1. The van der Waals surface area contributed by atoms with Crippen LogP contribution in [0.15, 0.2) is 47.4 Å². The molecule has 0 unspecified atom stereocenters. The average Bonchev–Trinajstić information content (AvgIpc) is 2.40. The summed E-state index contributed by atoms with van der Waals surface area (Å²) in [5.74, 6) is 0. The monoisotopic (exact) mass is 344 g/mol. The summed E-state index contributed by atoms with van der Waals surface area (Å²) in [6.45, 7) is 0.245. The van der Waals surface area contributed by atoms with Gasteiger partial charge in [0.15, 0.2) is 0 Å². The van der Waals surface area contributed by atoms with Crippen molar-refractivity contribution in [2.45, 2.75) is 11.3 Å². The molecule has 0 amide bonds. The van der Waals surface area contributed by atoms with Crippen LogP contribution in [0.25, 0.3) is 0 Å². The van der Waals surface area contributed by atoms with E-state index in [4.69, 9.17) is 28.9 Å². The summed E-state index contributed by atoms with van der Waals surface area (Å²) >= 11 is 11.7. The average molecular weight is 345 g/mol. The van der Waals surface area contributed by atoms with Gasteiger partial charge in [-0.1, -0.05) is 41.4 Å². The molecule has 0 aromatic heterocycles. The summed E-state index contributed by atoms with van der Waals surface area (Å²) in [7, 11) is -3.73. The fraction of sp³-hybridized carbons (Fsp3) is 0.143. The first-order valence-electron chi connectivity index (χ1n) is 6.18. The lowest BCUT2D eigenvalue weighted by molar-refractivity contribution is 0.582. The lowest BCUT2D eigenvalue weighted by Crippen LogP contribution is -2.27. The van der Waals surface area contributed by atoms with E-state index in [-0.39, 0.29) is 22.2 Å². The summed E-state index contributed by atoms with van der Waals surface area (Å²) in [5.41, 5.74) is 6.80. The fourth-order valence-corrected chi connectivity index (χ4v) is 3.69. The van der Waals surface area contributed by atoms with Gasteiger partial charge >= 0.3 is 0 Å². The molecule has 2 rings (SSSR count). The molecule has 112 valence electrons. The van der Waals surface area contributed by atoms with Gasteiger partial charge in [0.2, 0.25) is 10.0 Å². The number of nitrogens with one attached hydrogen (secondary N) is 1. The van der Waals surface area contributed by atoms with Gasteiger partial charge in [-0.3, -0.25) is 0 Å². The van der Waals surface area contributed by atoms with Gasteiger partial charge in [-0.25, -0.2) is 13.1 Å². The lowest BCUT2D eigenvalue weighted by Gasteiger charge is -2.10. The number of rotatable bonds is 5.